The van der Waals surface area contributed by atoms with Crippen LogP contribution in [-0.2, 0) is 11.3 Å². The molecule has 2 aromatic rings. The molecule has 3 heterocycles. The summed E-state index contributed by atoms with van der Waals surface area (Å²) in [7, 11) is 0. The molecule has 1 saturated carbocycles. The monoisotopic (exact) mass is 332 g/mol. The highest BCUT2D eigenvalue weighted by Crippen LogP contribution is 2.40. The molecule has 1 aliphatic heterocycles. The van der Waals surface area contributed by atoms with Crippen LogP contribution in [0.4, 0.5) is 0 Å². The molecule has 1 N–H and O–H groups in total. The second kappa shape index (κ2) is 6.09. The van der Waals surface area contributed by atoms with E-state index in [1.807, 2.05) is 23.6 Å². The van der Waals surface area contributed by atoms with Crippen molar-refractivity contribution in [3.63, 3.8) is 0 Å². The number of aliphatic carboxylic acids is 1. The van der Waals surface area contributed by atoms with Crippen LogP contribution in [0.15, 0.2) is 28.1 Å². The van der Waals surface area contributed by atoms with Crippen molar-refractivity contribution in [3.05, 3.63) is 29.3 Å². The van der Waals surface area contributed by atoms with Crippen molar-refractivity contribution in [2.24, 2.45) is 5.92 Å². The van der Waals surface area contributed by atoms with Gasteiger partial charge in [0.25, 0.3) is 0 Å². The minimum absolute atomic E-state index is 0.381. The Morgan fingerprint density at radius 1 is 1.43 bits per heavy atom. The summed E-state index contributed by atoms with van der Waals surface area (Å²) in [5.74, 6) is 0.580. The average molecular weight is 332 g/mol. The first-order valence-corrected chi connectivity index (χ1v) is 9.08. The summed E-state index contributed by atoms with van der Waals surface area (Å²) in [5.41, 5.74) is 0.825. The van der Waals surface area contributed by atoms with Crippen molar-refractivity contribution in [3.8, 4) is 10.6 Å². The Morgan fingerprint density at radius 2 is 2.30 bits per heavy atom. The molecular weight excluding hydrogens is 312 g/mol. The maximum Gasteiger partial charge on any atom is 0.320 e. The quantitative estimate of drug-likeness (QED) is 0.926. The second-order valence-corrected chi connectivity index (χ2v) is 7.48. The van der Waals surface area contributed by atoms with Crippen LogP contribution < -0.4 is 0 Å². The molecule has 2 fully saturated rings. The number of hydrogen-bond acceptors (Lipinski definition) is 5. The third-order valence-electron chi connectivity index (χ3n) is 5.17. The van der Waals surface area contributed by atoms with Gasteiger partial charge in [-0.05, 0) is 36.6 Å². The van der Waals surface area contributed by atoms with Crippen LogP contribution in [0, 0.1) is 5.92 Å². The van der Waals surface area contributed by atoms with E-state index in [1.54, 1.807) is 11.3 Å². The molecule has 0 spiro atoms. The fraction of sp³-hybridized carbons (Fsp3) is 0.529. The van der Waals surface area contributed by atoms with Gasteiger partial charge in [-0.25, -0.2) is 0 Å². The molecule has 4 rings (SSSR count). The van der Waals surface area contributed by atoms with Crippen molar-refractivity contribution >= 4 is 17.3 Å². The molecule has 2 aliphatic rings. The van der Waals surface area contributed by atoms with Gasteiger partial charge in [0.1, 0.15) is 6.04 Å². The highest BCUT2D eigenvalue weighted by molar-refractivity contribution is 7.13. The lowest BCUT2D eigenvalue weighted by atomic mass is 9.85. The molecular formula is C17H20N2O3S. The SMILES string of the molecule is O=C(O)C1CC2CCCCC2N1Cc1cc(-c2cccs2)on1. The molecule has 1 aliphatic carbocycles. The van der Waals surface area contributed by atoms with Gasteiger partial charge in [0.2, 0.25) is 0 Å². The van der Waals surface area contributed by atoms with Crippen molar-refractivity contribution in [1.29, 1.82) is 0 Å². The lowest BCUT2D eigenvalue weighted by Crippen LogP contribution is -2.41. The fourth-order valence-corrected chi connectivity index (χ4v) is 4.80. The Kier molecular flexibility index (Phi) is 3.95. The summed E-state index contributed by atoms with van der Waals surface area (Å²) in [6.45, 7) is 0.563. The maximum absolute atomic E-state index is 11.7. The van der Waals surface area contributed by atoms with E-state index >= 15 is 0 Å². The number of aromatic nitrogens is 1. The highest BCUT2D eigenvalue weighted by Gasteiger charge is 2.45. The first-order valence-electron chi connectivity index (χ1n) is 8.20. The predicted octanol–water partition coefficient (Wildman–Crippen LogP) is 3.62. The lowest BCUT2D eigenvalue weighted by Gasteiger charge is -2.32. The Labute approximate surface area is 138 Å². The maximum atomic E-state index is 11.7. The average Bonchev–Trinajstić information content (AvgIpc) is 3.26. The van der Waals surface area contributed by atoms with Crippen LogP contribution in [0.1, 0.15) is 37.8 Å². The predicted molar refractivity (Wildman–Crippen MR) is 87.1 cm³/mol. The molecule has 2 aromatic heterocycles. The van der Waals surface area contributed by atoms with Crippen LogP contribution >= 0.6 is 11.3 Å². The van der Waals surface area contributed by atoms with Crippen molar-refractivity contribution < 1.29 is 14.4 Å². The number of carboxylic acids is 1. The van der Waals surface area contributed by atoms with Crippen LogP contribution in [0.25, 0.3) is 10.6 Å². The van der Waals surface area contributed by atoms with Gasteiger partial charge in [-0.15, -0.1) is 11.3 Å². The number of likely N-dealkylation sites (tertiary alicyclic amines) is 1. The molecule has 0 aromatic carbocycles. The standard InChI is InChI=1S/C17H20N2O3S/c20-17(21)14-8-11-4-1-2-5-13(11)19(14)10-12-9-15(22-18-12)16-6-3-7-23-16/h3,6-7,9,11,13-14H,1-2,4-5,8,10H2,(H,20,21). The van der Waals surface area contributed by atoms with E-state index in [1.165, 1.54) is 12.8 Å². The molecule has 1 saturated heterocycles. The van der Waals surface area contributed by atoms with Crippen LogP contribution in [0.2, 0.25) is 0 Å². The van der Waals surface area contributed by atoms with E-state index in [4.69, 9.17) is 4.52 Å². The van der Waals surface area contributed by atoms with Crippen molar-refractivity contribution in [2.75, 3.05) is 0 Å². The van der Waals surface area contributed by atoms with Gasteiger partial charge >= 0.3 is 5.97 Å². The summed E-state index contributed by atoms with van der Waals surface area (Å²) in [6.07, 6.45) is 5.46. The number of fused-ring (bicyclic) bond motifs is 1. The Morgan fingerprint density at radius 3 is 3.09 bits per heavy atom. The summed E-state index contributed by atoms with van der Waals surface area (Å²) in [4.78, 5) is 14.8. The van der Waals surface area contributed by atoms with Gasteiger partial charge in [0.15, 0.2) is 5.76 Å². The molecule has 5 nitrogen and oxygen atoms in total. The van der Waals surface area contributed by atoms with Crippen LogP contribution in [0.3, 0.4) is 0 Å². The number of carbonyl (C=O) groups is 1. The van der Waals surface area contributed by atoms with E-state index in [-0.39, 0.29) is 6.04 Å². The summed E-state index contributed by atoms with van der Waals surface area (Å²) >= 11 is 1.61. The minimum Gasteiger partial charge on any atom is -0.480 e. The van der Waals surface area contributed by atoms with E-state index in [0.717, 1.165) is 35.6 Å². The summed E-state index contributed by atoms with van der Waals surface area (Å²) in [5, 5.41) is 15.7. The van der Waals surface area contributed by atoms with E-state index in [0.29, 0.717) is 18.5 Å². The van der Waals surface area contributed by atoms with E-state index < -0.39 is 5.97 Å². The number of nitrogens with zero attached hydrogens (tertiary/aromatic N) is 2. The normalized spacial score (nSPS) is 27.9. The van der Waals surface area contributed by atoms with Gasteiger partial charge in [-0.1, -0.05) is 24.1 Å². The van der Waals surface area contributed by atoms with E-state index in [9.17, 15) is 9.90 Å². The minimum atomic E-state index is -0.707. The molecule has 3 unspecified atom stereocenters. The topological polar surface area (TPSA) is 66.6 Å². The van der Waals surface area contributed by atoms with E-state index in [2.05, 4.69) is 10.1 Å². The highest BCUT2D eigenvalue weighted by atomic mass is 32.1. The third kappa shape index (κ3) is 2.81. The van der Waals surface area contributed by atoms with Crippen molar-refractivity contribution in [2.45, 2.75) is 50.7 Å². The fourth-order valence-electron chi connectivity index (χ4n) is 4.13. The largest absolute Gasteiger partial charge is 0.480 e. The Hall–Kier alpha value is -1.66. The van der Waals surface area contributed by atoms with Gasteiger partial charge in [-0.2, -0.15) is 0 Å². The molecule has 6 heteroatoms. The second-order valence-electron chi connectivity index (χ2n) is 6.53. The molecule has 0 bridgehead atoms. The third-order valence-corrected chi connectivity index (χ3v) is 6.06. The zero-order chi connectivity index (χ0) is 15.8. The van der Waals surface area contributed by atoms with Gasteiger partial charge in [0, 0.05) is 18.7 Å². The van der Waals surface area contributed by atoms with Crippen LogP contribution in [0.5, 0.6) is 0 Å². The zero-order valence-corrected chi connectivity index (χ0v) is 13.7. The molecule has 0 amide bonds. The lowest BCUT2D eigenvalue weighted by molar-refractivity contribution is -0.142. The number of carboxylic acid groups (broad SMARTS) is 1. The smallest absolute Gasteiger partial charge is 0.320 e. The number of thiophene rings is 1. The first kappa shape index (κ1) is 14.9. The molecule has 122 valence electrons. The number of rotatable bonds is 4. The zero-order valence-electron chi connectivity index (χ0n) is 12.9. The van der Waals surface area contributed by atoms with Gasteiger partial charge < -0.3 is 9.63 Å². The summed E-state index contributed by atoms with van der Waals surface area (Å²) < 4.78 is 5.44. The molecule has 3 atom stereocenters. The van der Waals surface area contributed by atoms with Crippen molar-refractivity contribution in [1.82, 2.24) is 10.1 Å². The summed E-state index contributed by atoms with van der Waals surface area (Å²) in [6, 6.07) is 5.93. The molecule has 23 heavy (non-hydrogen) atoms. The Balaban J connectivity index is 1.55. The van der Waals surface area contributed by atoms with Crippen LogP contribution in [-0.4, -0.2) is 33.2 Å². The Bertz CT molecular complexity index is 682. The van der Waals surface area contributed by atoms with Gasteiger partial charge in [0.05, 0.1) is 10.6 Å². The molecule has 0 radical (unpaired) electrons. The van der Waals surface area contributed by atoms with Gasteiger partial charge in [-0.3, -0.25) is 9.69 Å². The first-order chi connectivity index (χ1) is 11.2. The number of hydrogen-bond donors (Lipinski definition) is 1.